The zero-order chi connectivity index (χ0) is 15.2. The Hall–Kier alpha value is -1.63. The summed E-state index contributed by atoms with van der Waals surface area (Å²) in [4.78, 5) is 10.3. The lowest BCUT2D eigenvalue weighted by Crippen LogP contribution is -2.45. The zero-order valence-electron chi connectivity index (χ0n) is 11.7. The van der Waals surface area contributed by atoms with Crippen LogP contribution in [0.15, 0.2) is 23.3 Å². The van der Waals surface area contributed by atoms with Crippen LogP contribution in [0, 0.1) is 0 Å². The van der Waals surface area contributed by atoms with E-state index in [1.54, 1.807) is 25.4 Å². The number of aromatic nitrogens is 1. The van der Waals surface area contributed by atoms with Crippen molar-refractivity contribution in [1.82, 2.24) is 15.6 Å². The van der Waals surface area contributed by atoms with Crippen LogP contribution >= 0.6 is 11.6 Å². The van der Waals surface area contributed by atoms with E-state index in [1.165, 1.54) is 0 Å². The number of anilines is 1. The Morgan fingerprint density at radius 3 is 3.10 bits per heavy atom. The number of guanidine groups is 1. The van der Waals surface area contributed by atoms with E-state index in [1.807, 2.05) is 0 Å². The Morgan fingerprint density at radius 1 is 1.62 bits per heavy atom. The molecule has 8 heteroatoms. The topological polar surface area (TPSA) is 52.6 Å². The van der Waals surface area contributed by atoms with Crippen molar-refractivity contribution >= 4 is 23.4 Å². The maximum absolute atomic E-state index is 12.2. The molecule has 1 saturated heterocycles. The normalized spacial score (nSPS) is 19.2. The van der Waals surface area contributed by atoms with Gasteiger partial charge in [-0.3, -0.25) is 4.99 Å². The van der Waals surface area contributed by atoms with Crippen LogP contribution in [0.5, 0.6) is 0 Å². The molecule has 1 aliphatic rings. The lowest BCUT2D eigenvalue weighted by Gasteiger charge is -2.20. The van der Waals surface area contributed by atoms with Crippen LogP contribution in [0.4, 0.5) is 14.6 Å². The molecule has 0 radical (unpaired) electrons. The second-order valence-electron chi connectivity index (χ2n) is 4.73. The molecule has 1 atom stereocenters. The van der Waals surface area contributed by atoms with Gasteiger partial charge in [0.2, 0.25) is 0 Å². The molecule has 1 aromatic rings. The summed E-state index contributed by atoms with van der Waals surface area (Å²) in [5.41, 5.74) is 0. The summed E-state index contributed by atoms with van der Waals surface area (Å²) in [6.07, 6.45) is 0.156. The number of halogens is 3. The van der Waals surface area contributed by atoms with Crippen molar-refractivity contribution in [3.8, 4) is 0 Å². The van der Waals surface area contributed by atoms with Gasteiger partial charge in [-0.25, -0.2) is 13.8 Å². The highest BCUT2D eigenvalue weighted by Gasteiger charge is 2.25. The molecule has 0 saturated carbocycles. The molecule has 0 aliphatic carbocycles. The second-order valence-corrected chi connectivity index (χ2v) is 5.14. The van der Waals surface area contributed by atoms with Gasteiger partial charge in [0.1, 0.15) is 5.82 Å². The van der Waals surface area contributed by atoms with Crippen LogP contribution < -0.4 is 15.5 Å². The van der Waals surface area contributed by atoms with Crippen LogP contribution in [0.1, 0.15) is 6.42 Å². The molecule has 0 bridgehead atoms. The van der Waals surface area contributed by atoms with Crippen LogP contribution in [-0.2, 0) is 0 Å². The first-order valence-electron chi connectivity index (χ1n) is 6.71. The van der Waals surface area contributed by atoms with Gasteiger partial charge < -0.3 is 15.5 Å². The van der Waals surface area contributed by atoms with E-state index < -0.39 is 13.0 Å². The van der Waals surface area contributed by atoms with Crippen LogP contribution in [0.25, 0.3) is 0 Å². The Morgan fingerprint density at radius 2 is 2.43 bits per heavy atom. The molecule has 0 spiro atoms. The van der Waals surface area contributed by atoms with E-state index >= 15 is 0 Å². The summed E-state index contributed by atoms with van der Waals surface area (Å²) >= 11 is 6.13. The molecule has 5 nitrogen and oxygen atoms in total. The summed E-state index contributed by atoms with van der Waals surface area (Å²) in [6, 6.07) is 3.70. The third-order valence-corrected chi connectivity index (χ3v) is 3.51. The first-order chi connectivity index (χ1) is 10.1. The van der Waals surface area contributed by atoms with E-state index in [0.29, 0.717) is 17.5 Å². The minimum Gasteiger partial charge on any atom is -0.353 e. The van der Waals surface area contributed by atoms with Crippen molar-refractivity contribution in [1.29, 1.82) is 0 Å². The fourth-order valence-corrected chi connectivity index (χ4v) is 2.48. The smallest absolute Gasteiger partial charge is 0.255 e. The van der Waals surface area contributed by atoms with Gasteiger partial charge in [-0.2, -0.15) is 0 Å². The Balaban J connectivity index is 1.89. The third-order valence-electron chi connectivity index (χ3n) is 3.22. The van der Waals surface area contributed by atoms with Gasteiger partial charge in [0.05, 0.1) is 11.6 Å². The molecular formula is C13H18ClF2N5. The van der Waals surface area contributed by atoms with Gasteiger partial charge in [0, 0.05) is 32.4 Å². The number of rotatable bonds is 4. The van der Waals surface area contributed by atoms with Gasteiger partial charge >= 0.3 is 0 Å². The number of nitrogens with one attached hydrogen (secondary N) is 2. The summed E-state index contributed by atoms with van der Waals surface area (Å²) in [7, 11) is 1.56. The summed E-state index contributed by atoms with van der Waals surface area (Å²) in [6.45, 7) is 1.09. The monoisotopic (exact) mass is 317 g/mol. The molecule has 0 amide bonds. The second kappa shape index (κ2) is 7.40. The highest BCUT2D eigenvalue weighted by atomic mass is 35.5. The number of pyridine rings is 1. The fourth-order valence-electron chi connectivity index (χ4n) is 2.24. The molecule has 2 N–H and O–H groups in total. The van der Waals surface area contributed by atoms with E-state index in [-0.39, 0.29) is 6.04 Å². The molecule has 1 fully saturated rings. The van der Waals surface area contributed by atoms with E-state index in [4.69, 9.17) is 11.6 Å². The molecule has 1 unspecified atom stereocenters. The molecule has 1 aliphatic heterocycles. The summed E-state index contributed by atoms with van der Waals surface area (Å²) in [5.74, 6) is 1.13. The Kier molecular flexibility index (Phi) is 5.55. The van der Waals surface area contributed by atoms with Gasteiger partial charge in [-0.05, 0) is 18.6 Å². The van der Waals surface area contributed by atoms with Crippen molar-refractivity contribution in [2.75, 3.05) is 31.6 Å². The number of aliphatic imine (C=N–C) groups is 1. The predicted octanol–water partition coefficient (Wildman–Crippen LogP) is 1.74. The lowest BCUT2D eigenvalue weighted by atomic mass is 10.3. The van der Waals surface area contributed by atoms with Crippen molar-refractivity contribution in [2.45, 2.75) is 18.9 Å². The van der Waals surface area contributed by atoms with Crippen LogP contribution in [-0.4, -0.2) is 50.1 Å². The SMILES string of the molecule is CN=C(NCC(F)F)NC1CCN(c2ncccc2Cl)C1. The molecule has 2 rings (SSSR count). The van der Waals surface area contributed by atoms with Gasteiger partial charge in [-0.1, -0.05) is 11.6 Å². The zero-order valence-corrected chi connectivity index (χ0v) is 12.4. The van der Waals surface area contributed by atoms with E-state index in [9.17, 15) is 8.78 Å². The first kappa shape index (κ1) is 15.8. The Bertz CT molecular complexity index is 497. The lowest BCUT2D eigenvalue weighted by molar-refractivity contribution is 0.152. The summed E-state index contributed by atoms with van der Waals surface area (Å²) in [5, 5.41) is 6.33. The highest BCUT2D eigenvalue weighted by Crippen LogP contribution is 2.25. The third kappa shape index (κ3) is 4.42. The molecular weight excluding hydrogens is 300 g/mol. The number of nitrogens with zero attached hydrogens (tertiary/aromatic N) is 3. The van der Waals surface area contributed by atoms with Crippen molar-refractivity contribution in [2.24, 2.45) is 4.99 Å². The van der Waals surface area contributed by atoms with E-state index in [2.05, 4.69) is 25.5 Å². The molecule has 21 heavy (non-hydrogen) atoms. The maximum Gasteiger partial charge on any atom is 0.255 e. The van der Waals surface area contributed by atoms with Gasteiger partial charge in [0.15, 0.2) is 5.96 Å². The minimum absolute atomic E-state index is 0.118. The molecule has 116 valence electrons. The maximum atomic E-state index is 12.2. The number of hydrogen-bond donors (Lipinski definition) is 2. The highest BCUT2D eigenvalue weighted by molar-refractivity contribution is 6.32. The predicted molar refractivity (Wildman–Crippen MR) is 80.4 cm³/mol. The molecule has 2 heterocycles. The van der Waals surface area contributed by atoms with Crippen LogP contribution in [0.3, 0.4) is 0 Å². The van der Waals surface area contributed by atoms with Crippen LogP contribution in [0.2, 0.25) is 5.02 Å². The quantitative estimate of drug-likeness (QED) is 0.656. The average molecular weight is 318 g/mol. The van der Waals surface area contributed by atoms with E-state index in [0.717, 1.165) is 18.8 Å². The van der Waals surface area contributed by atoms with Crippen molar-refractivity contribution in [3.05, 3.63) is 23.4 Å². The fraction of sp³-hybridized carbons (Fsp3) is 0.538. The van der Waals surface area contributed by atoms with Crippen molar-refractivity contribution in [3.63, 3.8) is 0 Å². The number of alkyl halides is 2. The minimum atomic E-state index is -2.41. The standard InChI is InChI=1S/C13H18ClF2N5/c1-17-13(19-7-11(15)16)20-9-4-6-21(8-9)12-10(14)3-2-5-18-12/h2-3,5,9,11H,4,6-8H2,1H3,(H2,17,19,20). The number of hydrogen-bond acceptors (Lipinski definition) is 3. The van der Waals surface area contributed by atoms with Crippen molar-refractivity contribution < 1.29 is 8.78 Å². The average Bonchev–Trinajstić information content (AvgIpc) is 2.92. The molecule has 0 aromatic carbocycles. The Labute approximate surface area is 127 Å². The molecule has 1 aromatic heterocycles. The summed E-state index contributed by atoms with van der Waals surface area (Å²) < 4.78 is 24.4. The van der Waals surface area contributed by atoms with Gasteiger partial charge in [0.25, 0.3) is 6.43 Å². The van der Waals surface area contributed by atoms with Gasteiger partial charge in [-0.15, -0.1) is 0 Å². The largest absolute Gasteiger partial charge is 0.353 e. The first-order valence-corrected chi connectivity index (χ1v) is 7.08.